The van der Waals surface area contributed by atoms with Crippen LogP contribution in [0.15, 0.2) is 0 Å². The van der Waals surface area contributed by atoms with Crippen molar-refractivity contribution >= 4 is 0 Å². The quantitative estimate of drug-likeness (QED) is 0.686. The Labute approximate surface area is 88.6 Å². The molecule has 84 valence electrons. The fourth-order valence-corrected chi connectivity index (χ4v) is 2.31. The Morgan fingerprint density at radius 2 is 1.93 bits per heavy atom. The molecular weight excluding hydrogens is 172 g/mol. The van der Waals surface area contributed by atoms with Crippen molar-refractivity contribution < 1.29 is 0 Å². The molecule has 1 saturated carbocycles. The van der Waals surface area contributed by atoms with E-state index in [-0.39, 0.29) is 0 Å². The van der Waals surface area contributed by atoms with Gasteiger partial charge in [0.05, 0.1) is 0 Å². The SMILES string of the molecule is CC(C)(CCN)CNCC1CCCC1. The lowest BCUT2D eigenvalue weighted by Crippen LogP contribution is -2.33. The van der Waals surface area contributed by atoms with E-state index in [2.05, 4.69) is 19.2 Å². The topological polar surface area (TPSA) is 38.0 Å². The van der Waals surface area contributed by atoms with Crippen molar-refractivity contribution in [2.45, 2.75) is 46.0 Å². The van der Waals surface area contributed by atoms with E-state index in [9.17, 15) is 0 Å². The van der Waals surface area contributed by atoms with Gasteiger partial charge in [0.25, 0.3) is 0 Å². The number of rotatable bonds is 6. The van der Waals surface area contributed by atoms with Gasteiger partial charge in [0.2, 0.25) is 0 Å². The molecule has 14 heavy (non-hydrogen) atoms. The van der Waals surface area contributed by atoms with Crippen molar-refractivity contribution in [2.75, 3.05) is 19.6 Å². The highest BCUT2D eigenvalue weighted by atomic mass is 14.9. The summed E-state index contributed by atoms with van der Waals surface area (Å²) >= 11 is 0. The van der Waals surface area contributed by atoms with Crippen molar-refractivity contribution in [3.63, 3.8) is 0 Å². The molecular formula is C12H26N2. The second-order valence-corrected chi connectivity index (χ2v) is 5.48. The monoisotopic (exact) mass is 198 g/mol. The van der Waals surface area contributed by atoms with Crippen LogP contribution in [0.25, 0.3) is 0 Å². The van der Waals surface area contributed by atoms with E-state index in [0.717, 1.165) is 25.4 Å². The molecule has 0 saturated heterocycles. The molecule has 0 aliphatic heterocycles. The predicted octanol–water partition coefficient (Wildman–Crippen LogP) is 2.14. The Morgan fingerprint density at radius 1 is 1.29 bits per heavy atom. The van der Waals surface area contributed by atoms with Crippen LogP contribution in [0.2, 0.25) is 0 Å². The number of nitrogens with one attached hydrogen (secondary N) is 1. The zero-order chi connectivity index (χ0) is 10.4. The molecule has 1 fully saturated rings. The van der Waals surface area contributed by atoms with Crippen LogP contribution in [-0.4, -0.2) is 19.6 Å². The summed E-state index contributed by atoms with van der Waals surface area (Å²) in [6.45, 7) is 7.72. The molecule has 0 amide bonds. The lowest BCUT2D eigenvalue weighted by Gasteiger charge is -2.25. The smallest absolute Gasteiger partial charge is 0.000311 e. The minimum atomic E-state index is 0.368. The Balaban J connectivity index is 2.07. The van der Waals surface area contributed by atoms with Crippen molar-refractivity contribution in [2.24, 2.45) is 17.1 Å². The van der Waals surface area contributed by atoms with Crippen LogP contribution in [0.3, 0.4) is 0 Å². The van der Waals surface area contributed by atoms with E-state index in [1.54, 1.807) is 0 Å². The number of hydrogen-bond donors (Lipinski definition) is 2. The van der Waals surface area contributed by atoms with Crippen molar-refractivity contribution in [1.29, 1.82) is 0 Å². The highest BCUT2D eigenvalue weighted by molar-refractivity contribution is 4.75. The summed E-state index contributed by atoms with van der Waals surface area (Å²) in [4.78, 5) is 0. The molecule has 3 N–H and O–H groups in total. The molecule has 2 nitrogen and oxygen atoms in total. The van der Waals surface area contributed by atoms with E-state index in [0.29, 0.717) is 5.41 Å². The number of nitrogens with two attached hydrogens (primary N) is 1. The number of hydrogen-bond acceptors (Lipinski definition) is 2. The Morgan fingerprint density at radius 3 is 2.50 bits per heavy atom. The van der Waals surface area contributed by atoms with Gasteiger partial charge in [-0.15, -0.1) is 0 Å². The van der Waals surface area contributed by atoms with Crippen LogP contribution in [-0.2, 0) is 0 Å². The molecule has 0 atom stereocenters. The molecule has 0 spiro atoms. The second kappa shape index (κ2) is 5.72. The summed E-state index contributed by atoms with van der Waals surface area (Å²) in [7, 11) is 0. The molecule has 0 aromatic rings. The van der Waals surface area contributed by atoms with Gasteiger partial charge in [-0.1, -0.05) is 26.7 Å². The van der Waals surface area contributed by atoms with Gasteiger partial charge in [-0.3, -0.25) is 0 Å². The largest absolute Gasteiger partial charge is 0.330 e. The third-order valence-corrected chi connectivity index (χ3v) is 3.33. The first-order valence-electron chi connectivity index (χ1n) is 6.05. The zero-order valence-electron chi connectivity index (χ0n) is 9.81. The Hall–Kier alpha value is -0.0800. The highest BCUT2D eigenvalue weighted by Crippen LogP contribution is 2.24. The van der Waals surface area contributed by atoms with E-state index >= 15 is 0 Å². The molecule has 0 aromatic carbocycles. The van der Waals surface area contributed by atoms with Gasteiger partial charge in [0, 0.05) is 6.54 Å². The van der Waals surface area contributed by atoms with Gasteiger partial charge < -0.3 is 11.1 Å². The van der Waals surface area contributed by atoms with Crippen molar-refractivity contribution in [3.8, 4) is 0 Å². The van der Waals surface area contributed by atoms with Crippen LogP contribution in [0, 0.1) is 11.3 Å². The highest BCUT2D eigenvalue weighted by Gasteiger charge is 2.18. The van der Waals surface area contributed by atoms with E-state index in [1.807, 2.05) is 0 Å². The van der Waals surface area contributed by atoms with E-state index in [4.69, 9.17) is 5.73 Å². The maximum atomic E-state index is 5.58. The fraction of sp³-hybridized carbons (Fsp3) is 1.00. The lowest BCUT2D eigenvalue weighted by atomic mass is 9.89. The van der Waals surface area contributed by atoms with E-state index < -0.39 is 0 Å². The summed E-state index contributed by atoms with van der Waals surface area (Å²) in [6, 6.07) is 0. The maximum Gasteiger partial charge on any atom is 0.000311 e. The normalized spacial score (nSPS) is 19.1. The molecule has 1 aliphatic carbocycles. The fourth-order valence-electron chi connectivity index (χ4n) is 2.31. The van der Waals surface area contributed by atoms with Gasteiger partial charge in [-0.05, 0) is 43.7 Å². The van der Waals surface area contributed by atoms with Gasteiger partial charge in [0.15, 0.2) is 0 Å². The summed E-state index contributed by atoms with van der Waals surface area (Å²) in [5.41, 5.74) is 5.95. The average molecular weight is 198 g/mol. The molecule has 1 aliphatic rings. The van der Waals surface area contributed by atoms with Gasteiger partial charge in [-0.2, -0.15) is 0 Å². The maximum absolute atomic E-state index is 5.58. The first-order valence-corrected chi connectivity index (χ1v) is 6.05. The van der Waals surface area contributed by atoms with E-state index in [1.165, 1.54) is 32.2 Å². The standard InChI is InChI=1S/C12H26N2/c1-12(2,7-8-13)10-14-9-11-5-3-4-6-11/h11,14H,3-10,13H2,1-2H3. The molecule has 0 radical (unpaired) electrons. The van der Waals surface area contributed by atoms with Gasteiger partial charge in [-0.25, -0.2) is 0 Å². The molecule has 0 unspecified atom stereocenters. The summed E-state index contributed by atoms with van der Waals surface area (Å²) in [5.74, 6) is 0.948. The first kappa shape index (κ1) is 12.0. The van der Waals surface area contributed by atoms with Crippen LogP contribution in [0.5, 0.6) is 0 Å². The van der Waals surface area contributed by atoms with Crippen LogP contribution >= 0.6 is 0 Å². The van der Waals surface area contributed by atoms with Crippen molar-refractivity contribution in [3.05, 3.63) is 0 Å². The minimum absolute atomic E-state index is 0.368. The lowest BCUT2D eigenvalue weighted by molar-refractivity contribution is 0.308. The molecule has 1 rings (SSSR count). The summed E-state index contributed by atoms with van der Waals surface area (Å²) in [5, 5.41) is 3.60. The van der Waals surface area contributed by atoms with Crippen LogP contribution in [0.1, 0.15) is 46.0 Å². The van der Waals surface area contributed by atoms with Gasteiger partial charge >= 0.3 is 0 Å². The zero-order valence-corrected chi connectivity index (χ0v) is 9.81. The first-order chi connectivity index (χ1) is 6.64. The summed E-state index contributed by atoms with van der Waals surface area (Å²) < 4.78 is 0. The third-order valence-electron chi connectivity index (χ3n) is 3.33. The third kappa shape index (κ3) is 4.43. The van der Waals surface area contributed by atoms with Crippen molar-refractivity contribution in [1.82, 2.24) is 5.32 Å². The minimum Gasteiger partial charge on any atom is -0.330 e. The van der Waals surface area contributed by atoms with Crippen LogP contribution < -0.4 is 11.1 Å². The molecule has 2 heteroatoms. The Kier molecular flexibility index (Phi) is 4.90. The van der Waals surface area contributed by atoms with Crippen LogP contribution in [0.4, 0.5) is 0 Å². The molecule has 0 bridgehead atoms. The molecule has 0 aromatic heterocycles. The van der Waals surface area contributed by atoms with Gasteiger partial charge in [0.1, 0.15) is 0 Å². The second-order valence-electron chi connectivity index (χ2n) is 5.48. The average Bonchev–Trinajstić information content (AvgIpc) is 2.56. The molecule has 0 heterocycles. The predicted molar refractivity (Wildman–Crippen MR) is 62.3 cm³/mol. The Bertz CT molecular complexity index is 148. The summed E-state index contributed by atoms with van der Waals surface area (Å²) in [6.07, 6.45) is 6.87.